The van der Waals surface area contributed by atoms with Crippen molar-refractivity contribution in [1.29, 1.82) is 10.8 Å². The third-order valence-electron chi connectivity index (χ3n) is 5.28. The molecule has 8 nitrogen and oxygen atoms in total. The lowest BCUT2D eigenvalue weighted by molar-refractivity contribution is 0.0508. The molecule has 1 aromatic heterocycles. The SMILES string of the molecule is Cc1ncc(-c2ccc(SC(C)C)cc2)nc1C(=N)OC(=N)c1cccc(C(C)NC(=O)OC(C)(C)C)c1. The molecule has 1 heterocycles. The summed E-state index contributed by atoms with van der Waals surface area (Å²) in [7, 11) is 0. The van der Waals surface area contributed by atoms with E-state index in [9.17, 15) is 4.79 Å². The Morgan fingerprint density at radius 1 is 1.03 bits per heavy atom. The van der Waals surface area contributed by atoms with Crippen LogP contribution >= 0.6 is 11.8 Å². The molecular formula is C29H35N5O3S. The van der Waals surface area contributed by atoms with Crippen LogP contribution in [0.15, 0.2) is 59.6 Å². The Balaban J connectivity index is 1.72. The van der Waals surface area contributed by atoms with Crippen LogP contribution in [0, 0.1) is 17.7 Å². The second-order valence-corrected chi connectivity index (χ2v) is 11.8. The number of alkyl carbamates (subject to hydrolysis) is 1. The fourth-order valence-corrected chi connectivity index (χ4v) is 4.34. The van der Waals surface area contributed by atoms with Gasteiger partial charge < -0.3 is 14.8 Å². The molecule has 0 saturated heterocycles. The summed E-state index contributed by atoms with van der Waals surface area (Å²) in [6.45, 7) is 13.3. The number of hydrogen-bond donors (Lipinski definition) is 3. The highest BCUT2D eigenvalue weighted by molar-refractivity contribution is 7.99. The van der Waals surface area contributed by atoms with E-state index in [0.29, 0.717) is 22.2 Å². The number of hydrogen-bond acceptors (Lipinski definition) is 8. The monoisotopic (exact) mass is 533 g/mol. The smallest absolute Gasteiger partial charge is 0.408 e. The summed E-state index contributed by atoms with van der Waals surface area (Å²) in [6.07, 6.45) is 1.15. The molecule has 1 unspecified atom stereocenters. The molecule has 9 heteroatoms. The number of benzene rings is 2. The maximum absolute atomic E-state index is 12.1. The van der Waals surface area contributed by atoms with Gasteiger partial charge in [0.1, 0.15) is 11.3 Å². The number of aryl methyl sites for hydroxylation is 1. The third-order valence-corrected chi connectivity index (χ3v) is 6.29. The number of aromatic nitrogens is 2. The molecule has 2 aromatic carbocycles. The number of carbonyl (C=O) groups is 1. The van der Waals surface area contributed by atoms with Crippen LogP contribution in [0.3, 0.4) is 0 Å². The highest BCUT2D eigenvalue weighted by Gasteiger charge is 2.20. The lowest BCUT2D eigenvalue weighted by Crippen LogP contribution is -2.34. The van der Waals surface area contributed by atoms with Gasteiger partial charge in [0.2, 0.25) is 11.8 Å². The zero-order valence-corrected chi connectivity index (χ0v) is 23.7. The van der Waals surface area contributed by atoms with Crippen molar-refractivity contribution in [3.05, 3.63) is 77.2 Å². The van der Waals surface area contributed by atoms with E-state index < -0.39 is 11.7 Å². The first-order chi connectivity index (χ1) is 17.8. The maximum Gasteiger partial charge on any atom is 0.408 e. The van der Waals surface area contributed by atoms with Crippen LogP contribution in [-0.2, 0) is 9.47 Å². The molecule has 0 saturated carbocycles. The summed E-state index contributed by atoms with van der Waals surface area (Å²) in [5.41, 5.74) is 2.93. The van der Waals surface area contributed by atoms with Gasteiger partial charge in [0.05, 0.1) is 23.6 Å². The Kier molecular flexibility index (Phi) is 9.27. The highest BCUT2D eigenvalue weighted by atomic mass is 32.2. The van der Waals surface area contributed by atoms with Gasteiger partial charge >= 0.3 is 6.09 Å². The van der Waals surface area contributed by atoms with Crippen molar-refractivity contribution < 1.29 is 14.3 Å². The van der Waals surface area contributed by atoms with Gasteiger partial charge in [-0.1, -0.05) is 38.1 Å². The number of thioether (sulfide) groups is 1. The minimum atomic E-state index is -0.601. The van der Waals surface area contributed by atoms with E-state index in [4.69, 9.17) is 20.3 Å². The molecule has 0 radical (unpaired) electrons. The van der Waals surface area contributed by atoms with Gasteiger partial charge in [-0.2, -0.15) is 0 Å². The molecule has 1 amide bonds. The van der Waals surface area contributed by atoms with Gasteiger partial charge in [-0.05, 0) is 64.4 Å². The highest BCUT2D eigenvalue weighted by Crippen LogP contribution is 2.26. The Morgan fingerprint density at radius 2 is 1.71 bits per heavy atom. The van der Waals surface area contributed by atoms with Crippen molar-refractivity contribution in [2.24, 2.45) is 0 Å². The van der Waals surface area contributed by atoms with E-state index in [1.807, 2.05) is 37.3 Å². The van der Waals surface area contributed by atoms with Crippen LogP contribution in [0.4, 0.5) is 4.79 Å². The van der Waals surface area contributed by atoms with Crippen molar-refractivity contribution >= 4 is 29.7 Å². The number of ether oxygens (including phenoxy) is 2. The topological polar surface area (TPSA) is 121 Å². The van der Waals surface area contributed by atoms with Gasteiger partial charge in [0, 0.05) is 21.3 Å². The largest absolute Gasteiger partial charge is 0.444 e. The molecule has 3 N–H and O–H groups in total. The normalized spacial score (nSPS) is 12.1. The van der Waals surface area contributed by atoms with Crippen LogP contribution < -0.4 is 5.32 Å². The average Bonchev–Trinajstić information content (AvgIpc) is 2.83. The Labute approximate surface area is 228 Å². The number of amides is 1. The summed E-state index contributed by atoms with van der Waals surface area (Å²) in [6, 6.07) is 14.8. The van der Waals surface area contributed by atoms with E-state index >= 15 is 0 Å². The lowest BCUT2D eigenvalue weighted by Gasteiger charge is -2.22. The third kappa shape index (κ3) is 8.14. The van der Waals surface area contributed by atoms with Crippen LogP contribution in [0.2, 0.25) is 0 Å². The molecule has 0 aliphatic heterocycles. The maximum atomic E-state index is 12.1. The first kappa shape index (κ1) is 28.8. The minimum Gasteiger partial charge on any atom is -0.444 e. The zero-order valence-electron chi connectivity index (χ0n) is 22.9. The van der Waals surface area contributed by atoms with Crippen LogP contribution in [-0.4, -0.2) is 38.7 Å². The summed E-state index contributed by atoms with van der Waals surface area (Å²) in [5, 5.41) is 20.2. The molecule has 0 fully saturated rings. The second-order valence-electron chi connectivity index (χ2n) is 10.1. The molecule has 0 spiro atoms. The average molecular weight is 534 g/mol. The number of nitrogens with zero attached hydrogens (tertiary/aromatic N) is 2. The lowest BCUT2D eigenvalue weighted by atomic mass is 10.1. The van der Waals surface area contributed by atoms with Gasteiger partial charge in [-0.15, -0.1) is 11.8 Å². The minimum absolute atomic E-state index is 0.206. The van der Waals surface area contributed by atoms with E-state index in [0.717, 1.165) is 11.1 Å². The quantitative estimate of drug-likeness (QED) is 0.172. The van der Waals surface area contributed by atoms with Gasteiger partial charge in [-0.3, -0.25) is 15.8 Å². The van der Waals surface area contributed by atoms with Crippen LogP contribution in [0.1, 0.15) is 70.1 Å². The van der Waals surface area contributed by atoms with Crippen molar-refractivity contribution in [2.75, 3.05) is 0 Å². The van der Waals surface area contributed by atoms with Gasteiger partial charge in [0.25, 0.3) is 0 Å². The summed E-state index contributed by atoms with van der Waals surface area (Å²) < 4.78 is 10.9. The van der Waals surface area contributed by atoms with E-state index in [1.54, 1.807) is 63.9 Å². The molecular weight excluding hydrogens is 498 g/mol. The number of rotatable bonds is 7. The Morgan fingerprint density at radius 3 is 2.34 bits per heavy atom. The Hall–Kier alpha value is -3.72. The molecule has 38 heavy (non-hydrogen) atoms. The van der Waals surface area contributed by atoms with Crippen molar-refractivity contribution in [3.8, 4) is 11.3 Å². The number of carbonyl (C=O) groups excluding carboxylic acids is 1. The van der Waals surface area contributed by atoms with Crippen molar-refractivity contribution in [2.45, 2.75) is 70.3 Å². The van der Waals surface area contributed by atoms with Crippen LogP contribution in [0.25, 0.3) is 11.3 Å². The zero-order chi connectivity index (χ0) is 28.0. The van der Waals surface area contributed by atoms with Gasteiger partial charge in [-0.25, -0.2) is 9.78 Å². The number of nitrogens with one attached hydrogen (secondary N) is 3. The van der Waals surface area contributed by atoms with Gasteiger partial charge in [0.15, 0.2) is 0 Å². The first-order valence-corrected chi connectivity index (χ1v) is 13.3. The van der Waals surface area contributed by atoms with E-state index in [2.05, 4.69) is 29.1 Å². The predicted octanol–water partition coefficient (Wildman–Crippen LogP) is 6.91. The van der Waals surface area contributed by atoms with Crippen molar-refractivity contribution in [1.82, 2.24) is 15.3 Å². The van der Waals surface area contributed by atoms with E-state index in [-0.39, 0.29) is 23.5 Å². The first-order valence-electron chi connectivity index (χ1n) is 12.4. The fraction of sp³-hybridized carbons (Fsp3) is 0.345. The standard InChI is InChI=1S/C29H35N5O3S/c1-17(2)38-23-13-11-20(12-14-23)24-16-32-19(4)25(34-24)27(31)36-26(30)22-10-8-9-21(15-22)18(3)33-28(35)37-29(5,6)7/h8-18,30-31H,1-7H3,(H,33,35). The molecule has 3 aromatic rings. The Bertz CT molecular complexity index is 1320. The fourth-order valence-electron chi connectivity index (χ4n) is 3.51. The second kappa shape index (κ2) is 12.2. The summed E-state index contributed by atoms with van der Waals surface area (Å²) >= 11 is 1.78. The summed E-state index contributed by atoms with van der Waals surface area (Å²) in [4.78, 5) is 22.3. The van der Waals surface area contributed by atoms with E-state index in [1.165, 1.54) is 4.90 Å². The molecule has 0 aliphatic carbocycles. The van der Waals surface area contributed by atoms with Crippen molar-refractivity contribution in [3.63, 3.8) is 0 Å². The molecule has 0 aliphatic rings. The predicted molar refractivity (Wildman–Crippen MR) is 152 cm³/mol. The van der Waals surface area contributed by atoms with Crippen LogP contribution in [0.5, 0.6) is 0 Å². The molecule has 200 valence electrons. The molecule has 1 atom stereocenters. The molecule has 0 bridgehead atoms. The molecule has 3 rings (SSSR count). The summed E-state index contributed by atoms with van der Waals surface area (Å²) in [5.74, 6) is -0.470.